The summed E-state index contributed by atoms with van der Waals surface area (Å²) in [6.45, 7) is 5.19. The van der Waals surface area contributed by atoms with Gasteiger partial charge in [-0.2, -0.15) is 0 Å². The van der Waals surface area contributed by atoms with Crippen LogP contribution in [0.4, 0.5) is 5.69 Å². The van der Waals surface area contributed by atoms with Crippen molar-refractivity contribution in [1.29, 1.82) is 0 Å². The molecular weight excluding hydrogens is 360 g/mol. The lowest BCUT2D eigenvalue weighted by atomic mass is 9.95. The number of anilines is 1. The molecule has 0 spiro atoms. The molecule has 1 atom stereocenters. The van der Waals surface area contributed by atoms with Gasteiger partial charge in [0.05, 0.1) is 5.92 Å². The molecular formula is C25H26N2O2. The number of nitrogens with zero attached hydrogens (tertiary/aromatic N) is 1. The third kappa shape index (κ3) is 4.02. The molecule has 0 aromatic heterocycles. The van der Waals surface area contributed by atoms with Gasteiger partial charge in [0, 0.05) is 24.3 Å². The Kier molecular flexibility index (Phi) is 5.34. The SMILES string of the molecule is Cc1ccc(NC(=O)C2CCCN(C(=O)c3cccc4ccccc34)C2)c(C)c1. The van der Waals surface area contributed by atoms with Crippen molar-refractivity contribution in [3.63, 3.8) is 0 Å². The number of hydrogen-bond acceptors (Lipinski definition) is 2. The monoisotopic (exact) mass is 386 g/mol. The van der Waals surface area contributed by atoms with Crippen molar-refractivity contribution in [3.05, 3.63) is 77.4 Å². The van der Waals surface area contributed by atoms with Crippen molar-refractivity contribution in [3.8, 4) is 0 Å². The molecule has 0 radical (unpaired) electrons. The average molecular weight is 386 g/mol. The number of nitrogens with one attached hydrogen (secondary N) is 1. The fraction of sp³-hybridized carbons (Fsp3) is 0.280. The number of carbonyl (C=O) groups excluding carboxylic acids is 2. The van der Waals surface area contributed by atoms with Crippen LogP contribution in [-0.2, 0) is 4.79 Å². The zero-order chi connectivity index (χ0) is 20.4. The van der Waals surface area contributed by atoms with Crippen molar-refractivity contribution >= 4 is 28.3 Å². The molecule has 2 amide bonds. The van der Waals surface area contributed by atoms with Gasteiger partial charge in [-0.1, -0.05) is 54.1 Å². The lowest BCUT2D eigenvalue weighted by Crippen LogP contribution is -2.43. The van der Waals surface area contributed by atoms with E-state index in [4.69, 9.17) is 0 Å². The third-order valence-corrected chi connectivity index (χ3v) is 5.74. The molecule has 4 nitrogen and oxygen atoms in total. The number of amides is 2. The van der Waals surface area contributed by atoms with E-state index in [0.717, 1.165) is 34.9 Å². The zero-order valence-electron chi connectivity index (χ0n) is 16.9. The van der Waals surface area contributed by atoms with E-state index in [0.29, 0.717) is 18.7 Å². The van der Waals surface area contributed by atoms with E-state index in [1.807, 2.05) is 73.3 Å². The summed E-state index contributed by atoms with van der Waals surface area (Å²) in [4.78, 5) is 27.9. The molecule has 1 aliphatic rings. The molecule has 3 aromatic rings. The molecule has 1 saturated heterocycles. The molecule has 0 aliphatic carbocycles. The highest BCUT2D eigenvalue weighted by Crippen LogP contribution is 2.25. The van der Waals surface area contributed by atoms with Gasteiger partial charge in [-0.05, 0) is 55.2 Å². The maximum absolute atomic E-state index is 13.2. The van der Waals surface area contributed by atoms with Crippen LogP contribution >= 0.6 is 0 Å². The summed E-state index contributed by atoms with van der Waals surface area (Å²) in [6.07, 6.45) is 1.64. The van der Waals surface area contributed by atoms with E-state index in [1.54, 1.807) is 0 Å². The van der Waals surface area contributed by atoms with E-state index in [2.05, 4.69) is 11.4 Å². The molecule has 1 heterocycles. The summed E-state index contributed by atoms with van der Waals surface area (Å²) in [5.41, 5.74) is 3.78. The quantitative estimate of drug-likeness (QED) is 0.693. The van der Waals surface area contributed by atoms with Crippen LogP contribution in [0, 0.1) is 19.8 Å². The number of fused-ring (bicyclic) bond motifs is 1. The molecule has 4 heteroatoms. The van der Waals surface area contributed by atoms with Crippen LogP contribution in [0.1, 0.15) is 34.3 Å². The minimum atomic E-state index is -0.191. The van der Waals surface area contributed by atoms with Gasteiger partial charge < -0.3 is 10.2 Å². The second kappa shape index (κ2) is 8.08. The first-order valence-electron chi connectivity index (χ1n) is 10.2. The number of aryl methyl sites for hydroxylation is 2. The van der Waals surface area contributed by atoms with E-state index in [1.165, 1.54) is 5.56 Å². The van der Waals surface area contributed by atoms with E-state index in [9.17, 15) is 9.59 Å². The van der Waals surface area contributed by atoms with Crippen LogP contribution < -0.4 is 5.32 Å². The first-order chi connectivity index (χ1) is 14.0. The standard InChI is InChI=1S/C25H26N2O2/c1-17-12-13-23(18(2)15-17)26-24(28)20-9-6-14-27(16-20)25(29)22-11-5-8-19-7-3-4-10-21(19)22/h3-5,7-8,10-13,15,20H,6,9,14,16H2,1-2H3,(H,26,28). The number of benzene rings is 3. The second-order valence-electron chi connectivity index (χ2n) is 7.92. The predicted molar refractivity (Wildman–Crippen MR) is 117 cm³/mol. The smallest absolute Gasteiger partial charge is 0.254 e. The molecule has 1 fully saturated rings. The summed E-state index contributed by atoms with van der Waals surface area (Å²) in [5.74, 6) is -0.193. The molecule has 148 valence electrons. The predicted octanol–water partition coefficient (Wildman–Crippen LogP) is 4.95. The van der Waals surface area contributed by atoms with E-state index in [-0.39, 0.29) is 17.7 Å². The van der Waals surface area contributed by atoms with Gasteiger partial charge in [-0.15, -0.1) is 0 Å². The van der Waals surface area contributed by atoms with Gasteiger partial charge in [0.15, 0.2) is 0 Å². The topological polar surface area (TPSA) is 49.4 Å². The van der Waals surface area contributed by atoms with Crippen molar-refractivity contribution < 1.29 is 9.59 Å². The lowest BCUT2D eigenvalue weighted by molar-refractivity contribution is -0.121. The Labute approximate surface area is 171 Å². The van der Waals surface area contributed by atoms with Crippen molar-refractivity contribution in [2.45, 2.75) is 26.7 Å². The summed E-state index contributed by atoms with van der Waals surface area (Å²) in [6, 6.07) is 19.8. The first kappa shape index (κ1) is 19.2. The maximum atomic E-state index is 13.2. The number of piperidine rings is 1. The van der Waals surface area contributed by atoms with Crippen LogP contribution in [0.3, 0.4) is 0 Å². The maximum Gasteiger partial charge on any atom is 0.254 e. The number of rotatable bonds is 3. The van der Waals surface area contributed by atoms with Gasteiger partial charge in [0.25, 0.3) is 5.91 Å². The van der Waals surface area contributed by atoms with Gasteiger partial charge in [-0.3, -0.25) is 9.59 Å². The molecule has 29 heavy (non-hydrogen) atoms. The molecule has 4 rings (SSSR count). The van der Waals surface area contributed by atoms with Crippen molar-refractivity contribution in [2.24, 2.45) is 5.92 Å². The third-order valence-electron chi connectivity index (χ3n) is 5.74. The summed E-state index contributed by atoms with van der Waals surface area (Å²) < 4.78 is 0. The minimum absolute atomic E-state index is 0.00539. The Morgan fingerprint density at radius 2 is 1.79 bits per heavy atom. The number of hydrogen-bond donors (Lipinski definition) is 1. The van der Waals surface area contributed by atoms with Crippen LogP contribution in [0.15, 0.2) is 60.7 Å². The van der Waals surface area contributed by atoms with Gasteiger partial charge in [0.2, 0.25) is 5.91 Å². The normalized spacial score (nSPS) is 16.6. The van der Waals surface area contributed by atoms with Gasteiger partial charge in [-0.25, -0.2) is 0 Å². The highest BCUT2D eigenvalue weighted by atomic mass is 16.2. The van der Waals surface area contributed by atoms with Crippen LogP contribution in [0.25, 0.3) is 10.8 Å². The molecule has 3 aromatic carbocycles. The number of likely N-dealkylation sites (tertiary alicyclic amines) is 1. The van der Waals surface area contributed by atoms with Crippen LogP contribution in [0.2, 0.25) is 0 Å². The Balaban J connectivity index is 1.50. The minimum Gasteiger partial charge on any atom is -0.338 e. The van der Waals surface area contributed by atoms with Gasteiger partial charge >= 0.3 is 0 Å². The first-order valence-corrected chi connectivity index (χ1v) is 10.2. The van der Waals surface area contributed by atoms with Crippen molar-refractivity contribution in [1.82, 2.24) is 4.90 Å². The van der Waals surface area contributed by atoms with Crippen LogP contribution in [0.5, 0.6) is 0 Å². The molecule has 1 N–H and O–H groups in total. The Morgan fingerprint density at radius 1 is 1.00 bits per heavy atom. The largest absolute Gasteiger partial charge is 0.338 e. The summed E-state index contributed by atoms with van der Waals surface area (Å²) in [7, 11) is 0. The Morgan fingerprint density at radius 3 is 2.62 bits per heavy atom. The molecule has 0 bridgehead atoms. The Bertz CT molecular complexity index is 1070. The highest BCUT2D eigenvalue weighted by molar-refractivity contribution is 6.07. The molecule has 1 unspecified atom stereocenters. The fourth-order valence-corrected chi connectivity index (χ4v) is 4.15. The van der Waals surface area contributed by atoms with E-state index < -0.39 is 0 Å². The second-order valence-corrected chi connectivity index (χ2v) is 7.92. The fourth-order valence-electron chi connectivity index (χ4n) is 4.15. The van der Waals surface area contributed by atoms with Crippen molar-refractivity contribution in [2.75, 3.05) is 18.4 Å². The van der Waals surface area contributed by atoms with E-state index >= 15 is 0 Å². The number of carbonyl (C=O) groups is 2. The van der Waals surface area contributed by atoms with Gasteiger partial charge in [0.1, 0.15) is 0 Å². The summed E-state index contributed by atoms with van der Waals surface area (Å²) in [5, 5.41) is 5.07. The highest BCUT2D eigenvalue weighted by Gasteiger charge is 2.29. The summed E-state index contributed by atoms with van der Waals surface area (Å²) >= 11 is 0. The lowest BCUT2D eigenvalue weighted by Gasteiger charge is -2.32. The average Bonchev–Trinajstić information content (AvgIpc) is 2.75. The van der Waals surface area contributed by atoms with Crippen LogP contribution in [-0.4, -0.2) is 29.8 Å². The zero-order valence-corrected chi connectivity index (χ0v) is 16.9. The molecule has 1 aliphatic heterocycles. The molecule has 0 saturated carbocycles. The Hall–Kier alpha value is -3.14.